The van der Waals surface area contributed by atoms with Crippen LogP contribution in [0.15, 0.2) is 48.8 Å². The van der Waals surface area contributed by atoms with Crippen LogP contribution in [0.1, 0.15) is 5.56 Å². The van der Waals surface area contributed by atoms with Crippen molar-refractivity contribution in [2.24, 2.45) is 0 Å². The number of hydrogen-bond donors (Lipinski definition) is 0. The largest absolute Gasteiger partial charge is 0.455 e. The molecule has 0 aliphatic heterocycles. The standard InChI is InChI=1S/C18H24N2O3/c1-21-12-10-20(11-13-22-2)15-16-6-3-4-8-18(16)23-17-7-5-9-19-14-17/h3-9,14H,10-13,15H2,1-2H3. The van der Waals surface area contributed by atoms with Crippen molar-refractivity contribution in [3.63, 3.8) is 0 Å². The van der Waals surface area contributed by atoms with Crippen LogP contribution in [-0.2, 0) is 16.0 Å². The monoisotopic (exact) mass is 316 g/mol. The molecule has 0 aliphatic carbocycles. The highest BCUT2D eigenvalue weighted by molar-refractivity contribution is 5.37. The van der Waals surface area contributed by atoms with E-state index in [9.17, 15) is 0 Å². The van der Waals surface area contributed by atoms with Gasteiger partial charge in [-0.05, 0) is 18.2 Å². The van der Waals surface area contributed by atoms with Crippen molar-refractivity contribution in [3.05, 3.63) is 54.4 Å². The lowest BCUT2D eigenvalue weighted by Gasteiger charge is -2.23. The molecule has 1 aromatic heterocycles. The summed E-state index contributed by atoms with van der Waals surface area (Å²) in [5, 5.41) is 0. The SMILES string of the molecule is COCCN(CCOC)Cc1ccccc1Oc1cccnc1. The van der Waals surface area contributed by atoms with Gasteiger partial charge in [-0.3, -0.25) is 9.88 Å². The summed E-state index contributed by atoms with van der Waals surface area (Å²) in [6.07, 6.45) is 3.44. The molecule has 0 saturated heterocycles. The number of ether oxygens (including phenoxy) is 3. The highest BCUT2D eigenvalue weighted by atomic mass is 16.5. The number of rotatable bonds is 10. The second-order valence-electron chi connectivity index (χ2n) is 5.16. The number of benzene rings is 1. The van der Waals surface area contributed by atoms with E-state index in [1.54, 1.807) is 26.6 Å². The van der Waals surface area contributed by atoms with E-state index >= 15 is 0 Å². The molecule has 0 bridgehead atoms. The van der Waals surface area contributed by atoms with Crippen LogP contribution in [0.5, 0.6) is 11.5 Å². The van der Waals surface area contributed by atoms with Crippen molar-refractivity contribution >= 4 is 0 Å². The molecular formula is C18H24N2O3. The van der Waals surface area contributed by atoms with Gasteiger partial charge in [-0.2, -0.15) is 0 Å². The third-order valence-electron chi connectivity index (χ3n) is 3.45. The number of methoxy groups -OCH3 is 2. The molecule has 5 nitrogen and oxygen atoms in total. The van der Waals surface area contributed by atoms with Crippen LogP contribution in [0, 0.1) is 0 Å². The predicted octanol–water partition coefficient (Wildman–Crippen LogP) is 2.97. The smallest absolute Gasteiger partial charge is 0.145 e. The lowest BCUT2D eigenvalue weighted by Crippen LogP contribution is -2.30. The van der Waals surface area contributed by atoms with Gasteiger partial charge in [0, 0.05) is 45.6 Å². The Balaban J connectivity index is 2.08. The van der Waals surface area contributed by atoms with Crippen LogP contribution in [0.3, 0.4) is 0 Å². The molecule has 0 radical (unpaired) electrons. The average Bonchev–Trinajstić information content (AvgIpc) is 2.59. The Bertz CT molecular complexity index is 555. The van der Waals surface area contributed by atoms with Crippen molar-refractivity contribution in [3.8, 4) is 11.5 Å². The van der Waals surface area contributed by atoms with Crippen molar-refractivity contribution in [2.75, 3.05) is 40.5 Å². The number of pyridine rings is 1. The summed E-state index contributed by atoms with van der Waals surface area (Å²) in [6, 6.07) is 11.8. The van der Waals surface area contributed by atoms with E-state index in [0.29, 0.717) is 13.2 Å². The van der Waals surface area contributed by atoms with Crippen LogP contribution in [-0.4, -0.2) is 50.4 Å². The highest BCUT2D eigenvalue weighted by Gasteiger charge is 2.10. The zero-order valence-corrected chi connectivity index (χ0v) is 13.8. The van der Waals surface area contributed by atoms with E-state index in [1.165, 1.54) is 0 Å². The summed E-state index contributed by atoms with van der Waals surface area (Å²) >= 11 is 0. The normalized spacial score (nSPS) is 10.9. The number of aromatic nitrogens is 1. The van der Waals surface area contributed by atoms with Crippen LogP contribution < -0.4 is 4.74 Å². The first-order valence-electron chi connectivity index (χ1n) is 7.69. The van der Waals surface area contributed by atoms with Gasteiger partial charge < -0.3 is 14.2 Å². The van der Waals surface area contributed by atoms with Crippen molar-refractivity contribution < 1.29 is 14.2 Å². The van der Waals surface area contributed by atoms with E-state index < -0.39 is 0 Å². The molecule has 0 fully saturated rings. The molecule has 0 aliphatic rings. The highest BCUT2D eigenvalue weighted by Crippen LogP contribution is 2.25. The molecule has 2 rings (SSSR count). The predicted molar refractivity (Wildman–Crippen MR) is 89.8 cm³/mol. The summed E-state index contributed by atoms with van der Waals surface area (Å²) in [7, 11) is 3.43. The second-order valence-corrected chi connectivity index (χ2v) is 5.16. The number of para-hydroxylation sites is 1. The van der Waals surface area contributed by atoms with Crippen LogP contribution in [0.25, 0.3) is 0 Å². The van der Waals surface area contributed by atoms with Gasteiger partial charge in [0.05, 0.1) is 19.4 Å². The Labute approximate surface area is 137 Å². The zero-order valence-electron chi connectivity index (χ0n) is 13.8. The lowest BCUT2D eigenvalue weighted by atomic mass is 10.2. The van der Waals surface area contributed by atoms with Gasteiger partial charge in [-0.25, -0.2) is 0 Å². The Morgan fingerprint density at radius 1 is 0.957 bits per heavy atom. The third kappa shape index (κ3) is 5.98. The van der Waals surface area contributed by atoms with Crippen LogP contribution >= 0.6 is 0 Å². The van der Waals surface area contributed by atoms with Crippen LogP contribution in [0.4, 0.5) is 0 Å². The van der Waals surface area contributed by atoms with Gasteiger partial charge in [0.25, 0.3) is 0 Å². The minimum absolute atomic E-state index is 0.690. The molecule has 5 heteroatoms. The zero-order chi connectivity index (χ0) is 16.3. The Kier molecular flexibility index (Phi) is 7.52. The lowest BCUT2D eigenvalue weighted by molar-refractivity contribution is 0.110. The van der Waals surface area contributed by atoms with Gasteiger partial charge in [-0.15, -0.1) is 0 Å². The van der Waals surface area contributed by atoms with Crippen LogP contribution in [0.2, 0.25) is 0 Å². The molecule has 0 atom stereocenters. The van der Waals surface area contributed by atoms with E-state index in [4.69, 9.17) is 14.2 Å². The molecule has 2 aromatic rings. The molecule has 0 spiro atoms. The maximum atomic E-state index is 5.97. The topological polar surface area (TPSA) is 43.8 Å². The Morgan fingerprint density at radius 2 is 1.70 bits per heavy atom. The van der Waals surface area contributed by atoms with Crippen molar-refractivity contribution in [1.82, 2.24) is 9.88 Å². The molecule has 0 unspecified atom stereocenters. The Hall–Kier alpha value is -1.95. The summed E-state index contributed by atoms with van der Waals surface area (Å²) in [5.74, 6) is 1.58. The maximum absolute atomic E-state index is 5.97. The average molecular weight is 316 g/mol. The van der Waals surface area contributed by atoms with E-state index in [2.05, 4.69) is 16.0 Å². The fourth-order valence-corrected chi connectivity index (χ4v) is 2.22. The van der Waals surface area contributed by atoms with Gasteiger partial charge >= 0.3 is 0 Å². The van der Waals surface area contributed by atoms with E-state index in [0.717, 1.165) is 36.7 Å². The molecule has 1 aromatic carbocycles. The van der Waals surface area contributed by atoms with Gasteiger partial charge in [0.1, 0.15) is 11.5 Å². The van der Waals surface area contributed by atoms with Gasteiger partial charge in [-0.1, -0.05) is 18.2 Å². The summed E-state index contributed by atoms with van der Waals surface area (Å²) in [6.45, 7) is 3.86. The van der Waals surface area contributed by atoms with E-state index in [-0.39, 0.29) is 0 Å². The molecule has 0 saturated carbocycles. The van der Waals surface area contributed by atoms with Crippen molar-refractivity contribution in [1.29, 1.82) is 0 Å². The number of hydrogen-bond acceptors (Lipinski definition) is 5. The van der Waals surface area contributed by atoms with E-state index in [1.807, 2.05) is 30.3 Å². The molecule has 23 heavy (non-hydrogen) atoms. The quantitative estimate of drug-likeness (QED) is 0.674. The summed E-state index contributed by atoms with van der Waals surface area (Å²) in [4.78, 5) is 6.37. The molecule has 1 heterocycles. The minimum Gasteiger partial charge on any atom is -0.455 e. The molecule has 0 N–H and O–H groups in total. The molecule has 0 amide bonds. The third-order valence-corrected chi connectivity index (χ3v) is 3.45. The maximum Gasteiger partial charge on any atom is 0.145 e. The van der Waals surface area contributed by atoms with Gasteiger partial charge in [0.15, 0.2) is 0 Å². The number of nitrogens with zero attached hydrogens (tertiary/aromatic N) is 2. The van der Waals surface area contributed by atoms with Gasteiger partial charge in [0.2, 0.25) is 0 Å². The fraction of sp³-hybridized carbons (Fsp3) is 0.389. The van der Waals surface area contributed by atoms with Crippen molar-refractivity contribution in [2.45, 2.75) is 6.54 Å². The summed E-state index contributed by atoms with van der Waals surface area (Å²) < 4.78 is 16.4. The molecule has 124 valence electrons. The fourth-order valence-electron chi connectivity index (χ4n) is 2.22. The molecular weight excluding hydrogens is 292 g/mol. The Morgan fingerprint density at radius 3 is 2.35 bits per heavy atom. The second kappa shape index (κ2) is 9.94. The first kappa shape index (κ1) is 17.4. The summed E-state index contributed by atoms with van der Waals surface area (Å²) in [5.41, 5.74) is 1.13. The first-order valence-corrected chi connectivity index (χ1v) is 7.69. The minimum atomic E-state index is 0.690. The first-order chi connectivity index (χ1) is 11.3.